The largest absolute Gasteiger partial charge is 0.332 e. The first-order valence-electron chi connectivity index (χ1n) is 6.06. The van der Waals surface area contributed by atoms with Crippen LogP contribution in [0.5, 0.6) is 0 Å². The lowest BCUT2D eigenvalue weighted by molar-refractivity contribution is 0.776. The highest BCUT2D eigenvalue weighted by Crippen LogP contribution is 2.15. The van der Waals surface area contributed by atoms with E-state index in [1.807, 2.05) is 23.6 Å². The highest BCUT2D eigenvalue weighted by molar-refractivity contribution is 5.76. The molecule has 0 amide bonds. The standard InChI is InChI=1S/C14H12N4O/c1-2-18-7-5-12(19)11-9-16-13(17-14(11)18)10-4-3-6-15-8-10/h3-9H,2H2,1H3. The zero-order chi connectivity index (χ0) is 13.2. The van der Waals surface area contributed by atoms with E-state index in [1.165, 1.54) is 0 Å². The third kappa shape index (κ3) is 1.99. The van der Waals surface area contributed by atoms with E-state index < -0.39 is 0 Å². The Labute approximate surface area is 109 Å². The van der Waals surface area contributed by atoms with E-state index in [0.717, 1.165) is 12.1 Å². The van der Waals surface area contributed by atoms with Crippen LogP contribution < -0.4 is 5.43 Å². The van der Waals surface area contributed by atoms with Crippen LogP contribution >= 0.6 is 0 Å². The first-order chi connectivity index (χ1) is 9.29. The van der Waals surface area contributed by atoms with Crippen LogP contribution in [0.3, 0.4) is 0 Å². The molecule has 5 nitrogen and oxygen atoms in total. The Morgan fingerprint density at radius 3 is 2.89 bits per heavy atom. The summed E-state index contributed by atoms with van der Waals surface area (Å²) >= 11 is 0. The Hall–Kier alpha value is -2.56. The van der Waals surface area contributed by atoms with E-state index in [2.05, 4.69) is 15.0 Å². The number of rotatable bonds is 2. The average molecular weight is 252 g/mol. The molecule has 0 saturated carbocycles. The lowest BCUT2D eigenvalue weighted by Crippen LogP contribution is -2.09. The van der Waals surface area contributed by atoms with Gasteiger partial charge in [0.25, 0.3) is 0 Å². The molecule has 0 aliphatic rings. The number of hydrogen-bond acceptors (Lipinski definition) is 4. The van der Waals surface area contributed by atoms with Crippen molar-refractivity contribution in [2.75, 3.05) is 0 Å². The van der Waals surface area contributed by atoms with Crippen LogP contribution in [-0.2, 0) is 6.54 Å². The number of aryl methyl sites for hydroxylation is 1. The van der Waals surface area contributed by atoms with E-state index in [-0.39, 0.29) is 5.43 Å². The summed E-state index contributed by atoms with van der Waals surface area (Å²) in [5, 5.41) is 0.539. The second-order valence-corrected chi connectivity index (χ2v) is 4.14. The highest BCUT2D eigenvalue weighted by atomic mass is 16.1. The van der Waals surface area contributed by atoms with E-state index in [9.17, 15) is 4.79 Å². The third-order valence-corrected chi connectivity index (χ3v) is 2.97. The average Bonchev–Trinajstić information content (AvgIpc) is 2.48. The van der Waals surface area contributed by atoms with Crippen molar-refractivity contribution in [2.45, 2.75) is 13.5 Å². The maximum atomic E-state index is 11.8. The molecule has 0 spiro atoms. The summed E-state index contributed by atoms with van der Waals surface area (Å²) in [4.78, 5) is 24.6. The molecule has 0 bridgehead atoms. The van der Waals surface area contributed by atoms with Gasteiger partial charge in [0.2, 0.25) is 0 Å². The number of fused-ring (bicyclic) bond motifs is 1. The Morgan fingerprint density at radius 1 is 1.26 bits per heavy atom. The van der Waals surface area contributed by atoms with Crippen molar-refractivity contribution >= 4 is 11.0 Å². The summed E-state index contributed by atoms with van der Waals surface area (Å²) < 4.78 is 1.93. The van der Waals surface area contributed by atoms with Gasteiger partial charge in [0.1, 0.15) is 5.65 Å². The molecule has 0 atom stereocenters. The Kier molecular flexibility index (Phi) is 2.79. The molecule has 3 rings (SSSR count). The Morgan fingerprint density at radius 2 is 2.16 bits per heavy atom. The van der Waals surface area contributed by atoms with Crippen LogP contribution in [0.25, 0.3) is 22.4 Å². The topological polar surface area (TPSA) is 60.7 Å². The molecule has 0 radical (unpaired) electrons. The van der Waals surface area contributed by atoms with Gasteiger partial charge in [0.05, 0.1) is 5.39 Å². The normalized spacial score (nSPS) is 10.8. The SMILES string of the molecule is CCn1ccc(=O)c2cnc(-c3cccnc3)nc21. The fraction of sp³-hybridized carbons (Fsp3) is 0.143. The first kappa shape index (κ1) is 11.5. The summed E-state index contributed by atoms with van der Waals surface area (Å²) in [6, 6.07) is 5.27. The van der Waals surface area contributed by atoms with Crippen molar-refractivity contribution in [2.24, 2.45) is 0 Å². The van der Waals surface area contributed by atoms with E-state index in [4.69, 9.17) is 0 Å². The summed E-state index contributed by atoms with van der Waals surface area (Å²) in [7, 11) is 0. The molecule has 3 aromatic heterocycles. The van der Waals surface area contributed by atoms with Gasteiger partial charge in [0, 0.05) is 43.0 Å². The summed E-state index contributed by atoms with van der Waals surface area (Å²) in [6.45, 7) is 2.76. The molecule has 0 fully saturated rings. The van der Waals surface area contributed by atoms with Gasteiger partial charge < -0.3 is 4.57 Å². The molecule has 0 aliphatic heterocycles. The van der Waals surface area contributed by atoms with Crippen molar-refractivity contribution < 1.29 is 0 Å². The van der Waals surface area contributed by atoms with E-state index >= 15 is 0 Å². The maximum Gasteiger partial charge on any atom is 0.192 e. The maximum absolute atomic E-state index is 11.8. The van der Waals surface area contributed by atoms with Crippen LogP contribution in [0, 0.1) is 0 Å². The molecule has 3 aromatic rings. The Balaban J connectivity index is 2.29. The molecule has 5 heteroatoms. The van der Waals surface area contributed by atoms with Crippen molar-refractivity contribution in [1.29, 1.82) is 0 Å². The van der Waals surface area contributed by atoms with Crippen molar-refractivity contribution in [3.05, 3.63) is 53.2 Å². The van der Waals surface area contributed by atoms with E-state index in [0.29, 0.717) is 16.9 Å². The minimum atomic E-state index is -0.0579. The smallest absolute Gasteiger partial charge is 0.192 e. The second kappa shape index (κ2) is 4.61. The number of pyridine rings is 2. The summed E-state index contributed by atoms with van der Waals surface area (Å²) in [5.41, 5.74) is 1.43. The molecule has 0 saturated heterocycles. The van der Waals surface area contributed by atoms with E-state index in [1.54, 1.807) is 30.9 Å². The lowest BCUT2D eigenvalue weighted by atomic mass is 10.2. The van der Waals surface area contributed by atoms with Crippen LogP contribution in [0.15, 0.2) is 47.8 Å². The van der Waals surface area contributed by atoms with Crippen molar-refractivity contribution in [3.63, 3.8) is 0 Å². The third-order valence-electron chi connectivity index (χ3n) is 2.97. The number of hydrogen-bond donors (Lipinski definition) is 0. The molecule has 0 aliphatic carbocycles. The number of aromatic nitrogens is 4. The summed E-state index contributed by atoms with van der Waals surface area (Å²) in [5.74, 6) is 0.577. The fourth-order valence-corrected chi connectivity index (χ4v) is 1.97. The molecule has 0 unspecified atom stereocenters. The van der Waals surface area contributed by atoms with Gasteiger partial charge in [-0.25, -0.2) is 9.97 Å². The molecule has 3 heterocycles. The van der Waals surface area contributed by atoms with Gasteiger partial charge in [-0.1, -0.05) is 0 Å². The quantitative estimate of drug-likeness (QED) is 0.698. The minimum Gasteiger partial charge on any atom is -0.332 e. The molecule has 19 heavy (non-hydrogen) atoms. The predicted octanol–water partition coefficient (Wildman–Crippen LogP) is 1.87. The predicted molar refractivity (Wildman–Crippen MR) is 72.7 cm³/mol. The van der Waals surface area contributed by atoms with Crippen molar-refractivity contribution in [1.82, 2.24) is 19.5 Å². The lowest BCUT2D eigenvalue weighted by Gasteiger charge is -2.07. The van der Waals surface area contributed by atoms with Gasteiger partial charge in [-0.15, -0.1) is 0 Å². The zero-order valence-electron chi connectivity index (χ0n) is 10.4. The minimum absolute atomic E-state index is 0.0579. The molecule has 94 valence electrons. The van der Waals surface area contributed by atoms with Crippen LogP contribution in [0.1, 0.15) is 6.92 Å². The molecular weight excluding hydrogens is 240 g/mol. The first-order valence-corrected chi connectivity index (χ1v) is 6.06. The summed E-state index contributed by atoms with van der Waals surface area (Å²) in [6.07, 6.45) is 6.74. The monoisotopic (exact) mass is 252 g/mol. The molecule has 0 aromatic carbocycles. The Bertz CT molecular complexity index is 780. The van der Waals surface area contributed by atoms with Gasteiger partial charge in [-0.3, -0.25) is 9.78 Å². The highest BCUT2D eigenvalue weighted by Gasteiger charge is 2.07. The van der Waals surface area contributed by atoms with Gasteiger partial charge in [0.15, 0.2) is 11.3 Å². The van der Waals surface area contributed by atoms with Crippen LogP contribution in [0.2, 0.25) is 0 Å². The molecular formula is C14H12N4O. The zero-order valence-corrected chi connectivity index (χ0v) is 10.4. The number of nitrogens with zero attached hydrogens (tertiary/aromatic N) is 4. The van der Waals surface area contributed by atoms with Gasteiger partial charge >= 0.3 is 0 Å². The van der Waals surface area contributed by atoms with Crippen molar-refractivity contribution in [3.8, 4) is 11.4 Å². The van der Waals surface area contributed by atoms with Crippen LogP contribution in [-0.4, -0.2) is 19.5 Å². The van der Waals surface area contributed by atoms with Gasteiger partial charge in [-0.05, 0) is 19.1 Å². The fourth-order valence-electron chi connectivity index (χ4n) is 1.97. The second-order valence-electron chi connectivity index (χ2n) is 4.14. The van der Waals surface area contributed by atoms with Crippen LogP contribution in [0.4, 0.5) is 0 Å². The molecule has 0 N–H and O–H groups in total. The van der Waals surface area contributed by atoms with Gasteiger partial charge in [-0.2, -0.15) is 0 Å².